The number of nitrogens with two attached hydrogens (primary N) is 1. The Balaban J connectivity index is 1.50. The normalized spacial score (nSPS) is 22.2. The Labute approximate surface area is 217 Å². The second-order valence-electron chi connectivity index (χ2n) is 10.1. The molecule has 0 bridgehead atoms. The zero-order valence-electron chi connectivity index (χ0n) is 20.8. The first-order valence-electron chi connectivity index (χ1n) is 12.3. The van der Waals surface area contributed by atoms with Gasteiger partial charge >= 0.3 is 12.1 Å². The van der Waals surface area contributed by atoms with Gasteiger partial charge in [-0.2, -0.15) is 17.6 Å². The number of nitrogens with one attached hydrogen (secondary N) is 1. The van der Waals surface area contributed by atoms with E-state index in [1.807, 2.05) is 11.8 Å². The Kier molecular flexibility index (Phi) is 7.77. The number of hydrogen-bond acceptors (Lipinski definition) is 7. The molecule has 2 heterocycles. The van der Waals surface area contributed by atoms with E-state index in [0.717, 1.165) is 25.0 Å². The number of carboxylic acid groups (broad SMARTS) is 1. The van der Waals surface area contributed by atoms with Gasteiger partial charge in [-0.1, -0.05) is 12.1 Å². The third-order valence-corrected chi connectivity index (χ3v) is 7.26. The van der Waals surface area contributed by atoms with Crippen LogP contribution in [0.25, 0.3) is 0 Å². The highest BCUT2D eigenvalue weighted by atomic mass is 19.4. The largest absolute Gasteiger partial charge is 0.481 e. The van der Waals surface area contributed by atoms with Gasteiger partial charge in [0.15, 0.2) is 11.6 Å². The van der Waals surface area contributed by atoms with Gasteiger partial charge in [-0.15, -0.1) is 0 Å². The van der Waals surface area contributed by atoms with Crippen molar-refractivity contribution in [3.63, 3.8) is 0 Å². The van der Waals surface area contributed by atoms with Crippen LogP contribution < -0.4 is 16.0 Å². The van der Waals surface area contributed by atoms with E-state index < -0.39 is 34.8 Å². The fraction of sp³-hybridized carbons (Fsp3) is 0.520. The van der Waals surface area contributed by atoms with Crippen LogP contribution in [0.5, 0.6) is 0 Å². The second kappa shape index (κ2) is 10.7. The van der Waals surface area contributed by atoms with E-state index in [4.69, 9.17) is 5.73 Å². The van der Waals surface area contributed by atoms with Crippen LogP contribution in [-0.4, -0.2) is 63.6 Å². The van der Waals surface area contributed by atoms with Crippen LogP contribution in [0.2, 0.25) is 0 Å². The van der Waals surface area contributed by atoms with Crippen molar-refractivity contribution in [2.24, 2.45) is 11.1 Å². The Morgan fingerprint density at radius 2 is 1.92 bits per heavy atom. The van der Waals surface area contributed by atoms with E-state index in [9.17, 15) is 27.9 Å². The predicted molar refractivity (Wildman–Crippen MR) is 131 cm³/mol. The lowest BCUT2D eigenvalue weighted by atomic mass is 9.75. The molecule has 2 aliphatic rings. The van der Waals surface area contributed by atoms with Crippen LogP contribution in [0.3, 0.4) is 0 Å². The number of carbonyl (C=O) groups is 2. The lowest BCUT2D eigenvalue weighted by Crippen LogP contribution is -2.53. The number of likely N-dealkylation sites (tertiary alicyclic amines) is 1. The van der Waals surface area contributed by atoms with Gasteiger partial charge in [0.2, 0.25) is 11.7 Å². The molecule has 0 spiro atoms. The standard InChI is InChI=1S/C25H30F4N6O3/c1-15-10-24(23(37)38,8-9-34(15)12-19(30)36)13-31-21-20(26)22(33-14-32-21)35(18-6-7-18)11-16-2-4-17(5-3-16)25(27,28)29/h2-5,14-15,18H,6-13H2,1H3,(H2,30,36)(H,37,38)(H,31,32,33). The molecule has 1 saturated carbocycles. The van der Waals surface area contributed by atoms with Gasteiger partial charge in [-0.25, -0.2) is 9.97 Å². The third-order valence-electron chi connectivity index (χ3n) is 7.26. The maximum atomic E-state index is 15.6. The zero-order valence-corrected chi connectivity index (χ0v) is 20.8. The van der Waals surface area contributed by atoms with Gasteiger partial charge in [0.1, 0.15) is 6.33 Å². The van der Waals surface area contributed by atoms with Crippen molar-refractivity contribution in [2.45, 2.75) is 57.4 Å². The van der Waals surface area contributed by atoms with E-state index in [1.54, 1.807) is 4.90 Å². The van der Waals surface area contributed by atoms with Crippen molar-refractivity contribution >= 4 is 23.5 Å². The predicted octanol–water partition coefficient (Wildman–Crippen LogP) is 3.26. The average molecular weight is 539 g/mol. The number of piperidine rings is 1. The summed E-state index contributed by atoms with van der Waals surface area (Å²) in [6.45, 7) is 2.26. The minimum absolute atomic E-state index is 0.00100. The molecule has 0 radical (unpaired) electrons. The summed E-state index contributed by atoms with van der Waals surface area (Å²) in [5.41, 5.74) is 3.89. The summed E-state index contributed by atoms with van der Waals surface area (Å²) in [6, 6.07) is 4.46. The highest BCUT2D eigenvalue weighted by molar-refractivity contribution is 5.77. The lowest BCUT2D eigenvalue weighted by molar-refractivity contribution is -0.152. The van der Waals surface area contributed by atoms with E-state index >= 15 is 4.39 Å². The van der Waals surface area contributed by atoms with Gasteiger partial charge in [0, 0.05) is 31.7 Å². The maximum Gasteiger partial charge on any atom is 0.416 e. The van der Waals surface area contributed by atoms with Crippen LogP contribution >= 0.6 is 0 Å². The van der Waals surface area contributed by atoms with Crippen molar-refractivity contribution in [3.8, 4) is 0 Å². The van der Waals surface area contributed by atoms with Gasteiger partial charge in [-0.05, 0) is 50.3 Å². The van der Waals surface area contributed by atoms with Crippen LogP contribution in [0.1, 0.15) is 43.7 Å². The van der Waals surface area contributed by atoms with Crippen molar-refractivity contribution in [1.29, 1.82) is 0 Å². The van der Waals surface area contributed by atoms with Crippen molar-refractivity contribution < 1.29 is 32.3 Å². The molecule has 1 aliphatic carbocycles. The number of benzene rings is 1. The highest BCUT2D eigenvalue weighted by Gasteiger charge is 2.45. The Morgan fingerprint density at radius 3 is 2.47 bits per heavy atom. The fourth-order valence-corrected chi connectivity index (χ4v) is 4.94. The number of halogens is 4. The molecule has 4 rings (SSSR count). The van der Waals surface area contributed by atoms with Crippen LogP contribution in [0.15, 0.2) is 30.6 Å². The highest BCUT2D eigenvalue weighted by Crippen LogP contribution is 2.38. The van der Waals surface area contributed by atoms with Crippen LogP contribution in [0, 0.1) is 11.2 Å². The average Bonchev–Trinajstić information content (AvgIpc) is 3.68. The van der Waals surface area contributed by atoms with E-state index in [0.29, 0.717) is 12.1 Å². The van der Waals surface area contributed by atoms with Crippen molar-refractivity contribution in [2.75, 3.05) is 29.9 Å². The smallest absolute Gasteiger partial charge is 0.416 e. The molecule has 9 nitrogen and oxygen atoms in total. The minimum atomic E-state index is -4.45. The molecule has 2 fully saturated rings. The number of carboxylic acids is 1. The van der Waals surface area contributed by atoms with Crippen LogP contribution in [-0.2, 0) is 22.3 Å². The summed E-state index contributed by atoms with van der Waals surface area (Å²) >= 11 is 0. The summed E-state index contributed by atoms with van der Waals surface area (Å²) in [5, 5.41) is 12.9. The van der Waals surface area contributed by atoms with E-state index in [-0.39, 0.29) is 56.2 Å². The number of amides is 1. The molecule has 2 atom stereocenters. The molecule has 1 aromatic heterocycles. The number of aromatic nitrogens is 2. The minimum Gasteiger partial charge on any atom is -0.481 e. The third kappa shape index (κ3) is 6.14. The number of anilines is 2. The number of rotatable bonds is 10. The summed E-state index contributed by atoms with van der Waals surface area (Å²) in [5.74, 6) is -2.44. The molecule has 206 valence electrons. The number of aliphatic carboxylic acids is 1. The molecule has 2 unspecified atom stereocenters. The summed E-state index contributed by atoms with van der Waals surface area (Å²) in [6.07, 6.45) is -1.24. The molecule has 1 saturated heterocycles. The first-order chi connectivity index (χ1) is 17.9. The summed E-state index contributed by atoms with van der Waals surface area (Å²) < 4.78 is 54.4. The monoisotopic (exact) mass is 538 g/mol. The molecule has 4 N–H and O–H groups in total. The van der Waals surface area contributed by atoms with Crippen molar-refractivity contribution in [1.82, 2.24) is 14.9 Å². The van der Waals surface area contributed by atoms with Crippen molar-refractivity contribution in [3.05, 3.63) is 47.5 Å². The quantitative estimate of drug-likeness (QED) is 0.394. The first-order valence-corrected chi connectivity index (χ1v) is 12.3. The molecule has 13 heteroatoms. The van der Waals surface area contributed by atoms with Gasteiger partial charge in [0.25, 0.3) is 0 Å². The number of primary amides is 1. The summed E-state index contributed by atoms with van der Waals surface area (Å²) in [4.78, 5) is 35.2. The SMILES string of the molecule is CC1CC(CNc2ncnc(N(Cc3ccc(C(F)(F)F)cc3)C3CC3)c2F)(C(=O)O)CCN1CC(N)=O. The Bertz CT molecular complexity index is 1170. The number of carbonyl (C=O) groups excluding carboxylic acids is 1. The number of hydrogen-bond donors (Lipinski definition) is 3. The molecule has 38 heavy (non-hydrogen) atoms. The van der Waals surface area contributed by atoms with Gasteiger partial charge in [0.05, 0.1) is 17.5 Å². The fourth-order valence-electron chi connectivity index (χ4n) is 4.94. The lowest BCUT2D eigenvalue weighted by Gasteiger charge is -2.42. The zero-order chi connectivity index (χ0) is 27.7. The molecule has 1 amide bonds. The second-order valence-corrected chi connectivity index (χ2v) is 10.1. The summed E-state index contributed by atoms with van der Waals surface area (Å²) in [7, 11) is 0. The van der Waals surface area contributed by atoms with Crippen LogP contribution in [0.4, 0.5) is 29.2 Å². The number of alkyl halides is 3. The first kappa shape index (κ1) is 27.6. The molecular weight excluding hydrogens is 508 g/mol. The molecule has 1 aliphatic heterocycles. The Hall–Kier alpha value is -3.48. The molecule has 1 aromatic carbocycles. The number of nitrogens with zero attached hydrogens (tertiary/aromatic N) is 4. The van der Waals surface area contributed by atoms with E-state index in [2.05, 4.69) is 15.3 Å². The topological polar surface area (TPSA) is 125 Å². The van der Waals surface area contributed by atoms with Gasteiger partial charge < -0.3 is 21.1 Å². The maximum absolute atomic E-state index is 15.6. The van der Waals surface area contributed by atoms with Gasteiger partial charge in [-0.3, -0.25) is 14.5 Å². The Morgan fingerprint density at radius 1 is 1.24 bits per heavy atom. The molecule has 2 aromatic rings. The molecular formula is C25H30F4N6O3. The van der Waals surface area contributed by atoms with E-state index in [1.165, 1.54) is 18.5 Å².